The summed E-state index contributed by atoms with van der Waals surface area (Å²) < 4.78 is 14.7. The van der Waals surface area contributed by atoms with Gasteiger partial charge in [-0.05, 0) is 36.6 Å². The lowest BCUT2D eigenvalue weighted by atomic mass is 9.83. The van der Waals surface area contributed by atoms with Crippen LogP contribution in [0, 0.1) is 11.2 Å². The van der Waals surface area contributed by atoms with Crippen molar-refractivity contribution in [3.8, 4) is 0 Å². The molecule has 0 fully saturated rings. The molecule has 1 aromatic heterocycles. The third-order valence-electron chi connectivity index (χ3n) is 3.43. The van der Waals surface area contributed by atoms with Gasteiger partial charge in [0.25, 0.3) is 0 Å². The average Bonchev–Trinajstić information content (AvgIpc) is 2.84. The SMILES string of the molecule is C=C(C)[C@@H](n1cc(CNc2ccc(F)cc2)nn1)C(C)(C)C. The van der Waals surface area contributed by atoms with Crippen molar-refractivity contribution < 1.29 is 4.39 Å². The van der Waals surface area contributed by atoms with E-state index in [1.165, 1.54) is 12.1 Å². The summed E-state index contributed by atoms with van der Waals surface area (Å²) in [6.45, 7) is 13.1. The average molecular weight is 302 g/mol. The van der Waals surface area contributed by atoms with Gasteiger partial charge < -0.3 is 5.32 Å². The largest absolute Gasteiger partial charge is 0.379 e. The molecule has 22 heavy (non-hydrogen) atoms. The fourth-order valence-electron chi connectivity index (χ4n) is 2.64. The maximum Gasteiger partial charge on any atom is 0.123 e. The van der Waals surface area contributed by atoms with E-state index in [0.29, 0.717) is 6.54 Å². The summed E-state index contributed by atoms with van der Waals surface area (Å²) >= 11 is 0. The Morgan fingerprint density at radius 3 is 2.50 bits per heavy atom. The second-order valence-corrected chi connectivity index (χ2v) is 6.67. The Morgan fingerprint density at radius 1 is 1.32 bits per heavy atom. The maximum atomic E-state index is 12.9. The summed E-state index contributed by atoms with van der Waals surface area (Å²) in [4.78, 5) is 0. The number of aromatic nitrogens is 3. The van der Waals surface area contributed by atoms with Gasteiger partial charge in [0.1, 0.15) is 11.5 Å². The molecule has 0 radical (unpaired) electrons. The molecule has 0 amide bonds. The van der Waals surface area contributed by atoms with Crippen LogP contribution in [-0.2, 0) is 6.54 Å². The predicted octanol–water partition coefficient (Wildman–Crippen LogP) is 4.19. The van der Waals surface area contributed by atoms with Gasteiger partial charge in [0.05, 0.1) is 18.8 Å². The molecule has 0 bridgehead atoms. The van der Waals surface area contributed by atoms with Crippen LogP contribution < -0.4 is 5.32 Å². The topological polar surface area (TPSA) is 42.7 Å². The van der Waals surface area contributed by atoms with E-state index in [0.717, 1.165) is 17.0 Å². The normalized spacial score (nSPS) is 13.0. The van der Waals surface area contributed by atoms with Gasteiger partial charge in [-0.1, -0.05) is 38.1 Å². The molecular weight excluding hydrogens is 279 g/mol. The minimum atomic E-state index is -0.244. The molecule has 0 saturated carbocycles. The molecule has 118 valence electrons. The number of nitrogens with one attached hydrogen (secondary N) is 1. The van der Waals surface area contributed by atoms with Crippen molar-refractivity contribution in [2.24, 2.45) is 5.41 Å². The summed E-state index contributed by atoms with van der Waals surface area (Å²) in [5.41, 5.74) is 2.75. The molecule has 0 aliphatic rings. The molecule has 2 aromatic rings. The van der Waals surface area contributed by atoms with E-state index in [4.69, 9.17) is 0 Å². The van der Waals surface area contributed by atoms with Gasteiger partial charge >= 0.3 is 0 Å². The van der Waals surface area contributed by atoms with Crippen LogP contribution in [0.3, 0.4) is 0 Å². The van der Waals surface area contributed by atoms with Crippen molar-refractivity contribution in [3.63, 3.8) is 0 Å². The lowest BCUT2D eigenvalue weighted by molar-refractivity contribution is 0.258. The van der Waals surface area contributed by atoms with Crippen LogP contribution in [0.1, 0.15) is 39.4 Å². The van der Waals surface area contributed by atoms with Crippen molar-refractivity contribution >= 4 is 5.69 Å². The standard InChI is InChI=1S/C17H23FN4/c1-12(2)16(17(3,4)5)22-11-15(20-21-22)10-19-14-8-6-13(18)7-9-14/h6-9,11,16,19H,1,10H2,2-5H3/t16-/m1/s1. The highest BCUT2D eigenvalue weighted by molar-refractivity contribution is 5.42. The summed E-state index contributed by atoms with van der Waals surface area (Å²) in [5, 5.41) is 11.6. The third-order valence-corrected chi connectivity index (χ3v) is 3.43. The highest BCUT2D eigenvalue weighted by Gasteiger charge is 2.28. The van der Waals surface area contributed by atoms with Crippen LogP contribution in [0.5, 0.6) is 0 Å². The molecular formula is C17H23FN4. The first kappa shape index (κ1) is 16.2. The van der Waals surface area contributed by atoms with E-state index in [9.17, 15) is 4.39 Å². The molecule has 0 spiro atoms. The van der Waals surface area contributed by atoms with E-state index in [1.54, 1.807) is 12.1 Å². The molecule has 1 atom stereocenters. The molecule has 0 aliphatic heterocycles. The van der Waals surface area contributed by atoms with Gasteiger partial charge in [-0.3, -0.25) is 0 Å². The third kappa shape index (κ3) is 3.93. The second kappa shape index (κ2) is 6.30. The number of anilines is 1. The van der Waals surface area contributed by atoms with Crippen LogP contribution in [0.25, 0.3) is 0 Å². The Kier molecular flexibility index (Phi) is 4.64. The first-order chi connectivity index (χ1) is 10.3. The zero-order valence-corrected chi connectivity index (χ0v) is 13.6. The van der Waals surface area contributed by atoms with E-state index < -0.39 is 0 Å². The monoisotopic (exact) mass is 302 g/mol. The molecule has 5 heteroatoms. The predicted molar refractivity (Wildman–Crippen MR) is 87.1 cm³/mol. The smallest absolute Gasteiger partial charge is 0.123 e. The molecule has 2 rings (SSSR count). The fourth-order valence-corrected chi connectivity index (χ4v) is 2.64. The lowest BCUT2D eigenvalue weighted by Crippen LogP contribution is -2.25. The highest BCUT2D eigenvalue weighted by atomic mass is 19.1. The van der Waals surface area contributed by atoms with Crippen molar-refractivity contribution in [3.05, 3.63) is 54.1 Å². The lowest BCUT2D eigenvalue weighted by Gasteiger charge is -2.30. The van der Waals surface area contributed by atoms with E-state index >= 15 is 0 Å². The first-order valence-electron chi connectivity index (χ1n) is 7.33. The molecule has 0 unspecified atom stereocenters. The summed E-state index contributed by atoms with van der Waals surface area (Å²) in [5.74, 6) is -0.244. The molecule has 4 nitrogen and oxygen atoms in total. The minimum absolute atomic E-state index is 0.0151. The Balaban J connectivity index is 2.07. The Hall–Kier alpha value is -2.17. The molecule has 0 aliphatic carbocycles. The van der Waals surface area contributed by atoms with Crippen LogP contribution in [0.4, 0.5) is 10.1 Å². The van der Waals surface area contributed by atoms with Crippen LogP contribution in [0.15, 0.2) is 42.6 Å². The van der Waals surface area contributed by atoms with Gasteiger partial charge in [-0.2, -0.15) is 0 Å². The highest BCUT2D eigenvalue weighted by Crippen LogP contribution is 2.34. The number of hydrogen-bond donors (Lipinski definition) is 1. The number of hydrogen-bond acceptors (Lipinski definition) is 3. The number of benzene rings is 1. The Bertz CT molecular complexity index is 637. The Labute approximate surface area is 131 Å². The van der Waals surface area contributed by atoms with Gasteiger partial charge in [0.2, 0.25) is 0 Å². The zero-order valence-electron chi connectivity index (χ0n) is 13.6. The van der Waals surface area contributed by atoms with Crippen molar-refractivity contribution in [2.75, 3.05) is 5.32 Å². The number of rotatable bonds is 5. The number of allylic oxidation sites excluding steroid dienone is 1. The minimum Gasteiger partial charge on any atom is -0.379 e. The van der Waals surface area contributed by atoms with Crippen molar-refractivity contribution in [2.45, 2.75) is 40.3 Å². The summed E-state index contributed by atoms with van der Waals surface area (Å²) in [7, 11) is 0. The van der Waals surface area contributed by atoms with E-state index in [1.807, 2.05) is 17.8 Å². The van der Waals surface area contributed by atoms with E-state index in [-0.39, 0.29) is 17.3 Å². The van der Waals surface area contributed by atoms with Crippen LogP contribution in [0.2, 0.25) is 0 Å². The van der Waals surface area contributed by atoms with Crippen molar-refractivity contribution in [1.82, 2.24) is 15.0 Å². The van der Waals surface area contributed by atoms with Crippen LogP contribution >= 0.6 is 0 Å². The van der Waals surface area contributed by atoms with Gasteiger partial charge in [-0.25, -0.2) is 9.07 Å². The van der Waals surface area contributed by atoms with Gasteiger partial charge in [-0.15, -0.1) is 5.10 Å². The maximum absolute atomic E-state index is 12.9. The summed E-state index contributed by atoms with van der Waals surface area (Å²) in [6, 6.07) is 6.35. The first-order valence-corrected chi connectivity index (χ1v) is 7.33. The fraction of sp³-hybridized carbons (Fsp3) is 0.412. The van der Waals surface area contributed by atoms with Crippen LogP contribution in [-0.4, -0.2) is 15.0 Å². The molecule has 1 heterocycles. The molecule has 1 aromatic carbocycles. The summed E-state index contributed by atoms with van der Waals surface area (Å²) in [6.07, 6.45) is 1.93. The zero-order chi connectivity index (χ0) is 16.3. The molecule has 0 saturated heterocycles. The second-order valence-electron chi connectivity index (χ2n) is 6.67. The molecule has 1 N–H and O–H groups in total. The Morgan fingerprint density at radius 2 is 1.95 bits per heavy atom. The number of nitrogens with zero attached hydrogens (tertiary/aromatic N) is 3. The quantitative estimate of drug-likeness (QED) is 0.842. The van der Waals surface area contributed by atoms with Crippen molar-refractivity contribution in [1.29, 1.82) is 0 Å². The number of halogens is 1. The van der Waals surface area contributed by atoms with Gasteiger partial charge in [0, 0.05) is 5.69 Å². The van der Waals surface area contributed by atoms with E-state index in [2.05, 4.69) is 43.0 Å². The van der Waals surface area contributed by atoms with Gasteiger partial charge in [0.15, 0.2) is 0 Å².